The largest absolute Gasteiger partial charge is 0.395 e. The van der Waals surface area contributed by atoms with E-state index in [9.17, 15) is 12.8 Å². The molecule has 17 heavy (non-hydrogen) atoms. The molecule has 0 aliphatic heterocycles. The van der Waals surface area contributed by atoms with Gasteiger partial charge in [-0.3, -0.25) is 4.72 Å². The number of anilines is 1. The summed E-state index contributed by atoms with van der Waals surface area (Å²) in [5.41, 5.74) is 0.461. The van der Waals surface area contributed by atoms with Gasteiger partial charge in [0.2, 0.25) is 10.0 Å². The number of nitrogens with one attached hydrogen (secondary N) is 1. The number of halogens is 1. The van der Waals surface area contributed by atoms with E-state index >= 15 is 0 Å². The minimum absolute atomic E-state index is 0.100. The predicted molar refractivity (Wildman–Crippen MR) is 63.4 cm³/mol. The summed E-state index contributed by atoms with van der Waals surface area (Å²) < 4.78 is 37.4. The fourth-order valence-corrected chi connectivity index (χ4v) is 1.70. The van der Waals surface area contributed by atoms with E-state index in [4.69, 9.17) is 5.11 Å². The molecule has 0 heterocycles. The number of hydrogen-bond donors (Lipinski definition) is 2. The van der Waals surface area contributed by atoms with Gasteiger partial charge in [0.1, 0.15) is 5.82 Å². The highest BCUT2D eigenvalue weighted by Crippen LogP contribution is 2.17. The lowest BCUT2D eigenvalue weighted by Crippen LogP contribution is -2.10. The van der Waals surface area contributed by atoms with Gasteiger partial charge in [0.05, 0.1) is 24.1 Å². The molecule has 0 aromatic heterocycles. The van der Waals surface area contributed by atoms with E-state index in [1.54, 1.807) is 0 Å². The maximum Gasteiger partial charge on any atom is 0.229 e. The van der Waals surface area contributed by atoms with Crippen LogP contribution in [-0.2, 0) is 10.0 Å². The Morgan fingerprint density at radius 2 is 2.18 bits per heavy atom. The van der Waals surface area contributed by atoms with Crippen molar-refractivity contribution in [2.75, 3.05) is 17.6 Å². The first kappa shape index (κ1) is 13.5. The fraction of sp³-hybridized carbons (Fsp3) is 0.273. The lowest BCUT2D eigenvalue weighted by molar-refractivity contribution is 0.305. The Bertz CT molecular complexity index is 558. The molecule has 1 aromatic carbocycles. The molecule has 6 heteroatoms. The van der Waals surface area contributed by atoms with E-state index in [0.29, 0.717) is 0 Å². The quantitative estimate of drug-likeness (QED) is 0.792. The monoisotopic (exact) mass is 257 g/mol. The van der Waals surface area contributed by atoms with Crippen LogP contribution < -0.4 is 4.72 Å². The molecule has 0 unspecified atom stereocenters. The van der Waals surface area contributed by atoms with Gasteiger partial charge < -0.3 is 5.11 Å². The second kappa shape index (κ2) is 5.66. The van der Waals surface area contributed by atoms with E-state index in [2.05, 4.69) is 16.6 Å². The van der Waals surface area contributed by atoms with Crippen LogP contribution in [0.5, 0.6) is 0 Å². The lowest BCUT2D eigenvalue weighted by atomic mass is 10.2. The highest BCUT2D eigenvalue weighted by atomic mass is 32.2. The van der Waals surface area contributed by atoms with Gasteiger partial charge in [-0.15, -0.1) is 0 Å². The third kappa shape index (κ3) is 4.85. The van der Waals surface area contributed by atoms with Gasteiger partial charge in [0.15, 0.2) is 0 Å². The molecular weight excluding hydrogens is 245 g/mol. The first-order chi connectivity index (χ1) is 7.92. The molecule has 92 valence electrons. The highest BCUT2D eigenvalue weighted by Gasteiger charge is 2.06. The molecule has 0 bridgehead atoms. The topological polar surface area (TPSA) is 66.4 Å². The van der Waals surface area contributed by atoms with Crippen molar-refractivity contribution >= 4 is 15.7 Å². The zero-order valence-electron chi connectivity index (χ0n) is 9.20. The highest BCUT2D eigenvalue weighted by molar-refractivity contribution is 7.92. The van der Waals surface area contributed by atoms with E-state index in [1.807, 2.05) is 0 Å². The van der Waals surface area contributed by atoms with Gasteiger partial charge in [-0.05, 0) is 18.2 Å². The molecule has 0 fully saturated rings. The zero-order valence-corrected chi connectivity index (χ0v) is 10.0. The molecule has 1 rings (SSSR count). The minimum atomic E-state index is -3.43. The summed E-state index contributed by atoms with van der Waals surface area (Å²) in [6.07, 6.45) is 1.25. The Morgan fingerprint density at radius 1 is 1.47 bits per heavy atom. The van der Waals surface area contributed by atoms with Gasteiger partial charge in [-0.1, -0.05) is 11.8 Å². The SMILES string of the molecule is CS(=O)(=O)Nc1ccc(F)cc1C#CCCO. The lowest BCUT2D eigenvalue weighted by Gasteiger charge is -2.06. The number of rotatable bonds is 3. The Morgan fingerprint density at radius 3 is 2.76 bits per heavy atom. The third-order valence-electron chi connectivity index (χ3n) is 1.74. The summed E-state index contributed by atoms with van der Waals surface area (Å²) in [5.74, 6) is 4.70. The first-order valence-corrected chi connectivity index (χ1v) is 6.68. The molecule has 0 saturated carbocycles. The van der Waals surface area contributed by atoms with Crippen molar-refractivity contribution in [1.82, 2.24) is 0 Å². The smallest absolute Gasteiger partial charge is 0.229 e. The van der Waals surface area contributed by atoms with Crippen molar-refractivity contribution in [2.45, 2.75) is 6.42 Å². The predicted octanol–water partition coefficient (Wildman–Crippen LogP) is 0.931. The normalized spacial score (nSPS) is 10.5. The number of sulfonamides is 1. The molecular formula is C11H12FNO3S. The number of aliphatic hydroxyl groups is 1. The first-order valence-electron chi connectivity index (χ1n) is 4.79. The summed E-state index contributed by atoms with van der Waals surface area (Å²) in [4.78, 5) is 0. The van der Waals surface area contributed by atoms with Crippen molar-refractivity contribution in [2.24, 2.45) is 0 Å². The molecule has 1 aromatic rings. The van der Waals surface area contributed by atoms with Gasteiger partial charge >= 0.3 is 0 Å². The van der Waals surface area contributed by atoms with Crippen LogP contribution in [0.1, 0.15) is 12.0 Å². The third-order valence-corrected chi connectivity index (χ3v) is 2.33. The summed E-state index contributed by atoms with van der Waals surface area (Å²) >= 11 is 0. The van der Waals surface area contributed by atoms with Crippen LogP contribution in [0.15, 0.2) is 18.2 Å². The molecule has 0 aliphatic rings. The van der Waals surface area contributed by atoms with Crippen molar-refractivity contribution in [1.29, 1.82) is 0 Å². The Labute approximate surface area is 99.5 Å². The molecule has 2 N–H and O–H groups in total. The van der Waals surface area contributed by atoms with E-state index in [-0.39, 0.29) is 24.3 Å². The van der Waals surface area contributed by atoms with Gasteiger partial charge in [0.25, 0.3) is 0 Å². The van der Waals surface area contributed by atoms with E-state index in [1.165, 1.54) is 6.07 Å². The molecule has 4 nitrogen and oxygen atoms in total. The summed E-state index contributed by atoms with van der Waals surface area (Å²) in [7, 11) is -3.43. The number of aliphatic hydroxyl groups excluding tert-OH is 1. The zero-order chi connectivity index (χ0) is 12.9. The fourth-order valence-electron chi connectivity index (χ4n) is 1.12. The molecule has 0 spiro atoms. The average Bonchev–Trinajstić information content (AvgIpc) is 2.20. The van der Waals surface area contributed by atoms with Crippen LogP contribution in [-0.4, -0.2) is 26.4 Å². The van der Waals surface area contributed by atoms with E-state index < -0.39 is 15.8 Å². The number of hydrogen-bond acceptors (Lipinski definition) is 3. The molecule has 0 atom stereocenters. The van der Waals surface area contributed by atoms with Crippen LogP contribution in [0.4, 0.5) is 10.1 Å². The van der Waals surface area contributed by atoms with Gasteiger partial charge in [0, 0.05) is 6.42 Å². The van der Waals surface area contributed by atoms with Crippen LogP contribution in [0, 0.1) is 17.7 Å². The maximum absolute atomic E-state index is 13.0. The summed E-state index contributed by atoms with van der Waals surface area (Å²) in [6.45, 7) is -0.100. The second-order valence-electron chi connectivity index (χ2n) is 3.34. The molecule has 0 saturated heterocycles. The van der Waals surface area contributed by atoms with Crippen molar-refractivity contribution in [3.05, 3.63) is 29.6 Å². The number of benzene rings is 1. The van der Waals surface area contributed by atoms with Crippen LogP contribution in [0.2, 0.25) is 0 Å². The van der Waals surface area contributed by atoms with E-state index in [0.717, 1.165) is 18.4 Å². The van der Waals surface area contributed by atoms with Gasteiger partial charge in [-0.25, -0.2) is 12.8 Å². The van der Waals surface area contributed by atoms with Crippen LogP contribution in [0.3, 0.4) is 0 Å². The maximum atomic E-state index is 13.0. The van der Waals surface area contributed by atoms with Crippen LogP contribution in [0.25, 0.3) is 0 Å². The van der Waals surface area contributed by atoms with Crippen molar-refractivity contribution in [3.63, 3.8) is 0 Å². The van der Waals surface area contributed by atoms with Crippen molar-refractivity contribution < 1.29 is 17.9 Å². The Balaban J connectivity index is 3.09. The average molecular weight is 257 g/mol. The Hall–Kier alpha value is -1.58. The minimum Gasteiger partial charge on any atom is -0.395 e. The van der Waals surface area contributed by atoms with Crippen molar-refractivity contribution in [3.8, 4) is 11.8 Å². The van der Waals surface area contributed by atoms with Crippen LogP contribution >= 0.6 is 0 Å². The molecule has 0 radical (unpaired) electrons. The summed E-state index contributed by atoms with van der Waals surface area (Å²) in [5, 5.41) is 8.57. The standard InChI is InChI=1S/C11H12FNO3S/c1-17(15,16)13-11-6-5-10(12)8-9(11)4-2-3-7-14/h5-6,8,13-14H,3,7H2,1H3. The molecule has 0 amide bonds. The van der Waals surface area contributed by atoms with Gasteiger partial charge in [-0.2, -0.15) is 0 Å². The Kier molecular flexibility index (Phi) is 4.49. The summed E-state index contributed by atoms with van der Waals surface area (Å²) in [6, 6.07) is 3.59. The second-order valence-corrected chi connectivity index (χ2v) is 5.09. The molecule has 0 aliphatic carbocycles.